The monoisotopic (exact) mass is 277 g/mol. The summed E-state index contributed by atoms with van der Waals surface area (Å²) in [6.45, 7) is 0. The van der Waals surface area contributed by atoms with Crippen LogP contribution in [0.1, 0.15) is 31.4 Å². The van der Waals surface area contributed by atoms with Gasteiger partial charge in [-0.3, -0.25) is 4.68 Å². The van der Waals surface area contributed by atoms with Gasteiger partial charge < -0.3 is 5.11 Å². The molecule has 0 amide bonds. The summed E-state index contributed by atoms with van der Waals surface area (Å²) in [5, 5.41) is 17.7. The summed E-state index contributed by atoms with van der Waals surface area (Å²) in [5.74, 6) is -1.58. The first-order valence-corrected chi connectivity index (χ1v) is 6.46. The van der Waals surface area contributed by atoms with E-state index in [1.807, 2.05) is 0 Å². The molecule has 108 valence electrons. The Morgan fingerprint density at radius 2 is 2.21 bits per heavy atom. The Balaban J connectivity index is 1.93. The predicted molar refractivity (Wildman–Crippen MR) is 62.2 cm³/mol. The van der Waals surface area contributed by atoms with E-state index in [4.69, 9.17) is 0 Å². The zero-order valence-electron chi connectivity index (χ0n) is 10.8. The van der Waals surface area contributed by atoms with Gasteiger partial charge in [-0.15, -0.1) is 5.10 Å². The number of aryl methyl sites for hydroxylation is 1. The van der Waals surface area contributed by atoms with Crippen molar-refractivity contribution in [2.75, 3.05) is 0 Å². The predicted octanol–water partition coefficient (Wildman–Crippen LogP) is 2.09. The lowest BCUT2D eigenvalue weighted by Crippen LogP contribution is -2.34. The van der Waals surface area contributed by atoms with E-state index >= 15 is 0 Å². The number of alkyl halides is 3. The van der Waals surface area contributed by atoms with Gasteiger partial charge in [0.1, 0.15) is 0 Å². The highest BCUT2D eigenvalue weighted by molar-refractivity contribution is 4.96. The van der Waals surface area contributed by atoms with Gasteiger partial charge in [0.15, 0.2) is 0 Å². The first-order chi connectivity index (χ1) is 8.86. The molecule has 0 bridgehead atoms. The molecule has 1 aliphatic carbocycles. The van der Waals surface area contributed by atoms with Crippen LogP contribution >= 0.6 is 0 Å². The maximum atomic E-state index is 12.7. The van der Waals surface area contributed by atoms with Crippen LogP contribution in [0, 0.1) is 11.8 Å². The summed E-state index contributed by atoms with van der Waals surface area (Å²) in [7, 11) is 1.71. The van der Waals surface area contributed by atoms with Crippen LogP contribution in [-0.2, 0) is 13.5 Å². The molecule has 1 aromatic rings. The Hall–Kier alpha value is -1.11. The molecule has 1 N–H and O–H groups in total. The molecule has 1 fully saturated rings. The molecule has 0 saturated heterocycles. The first-order valence-electron chi connectivity index (χ1n) is 6.46. The molecular weight excluding hydrogens is 259 g/mol. The highest BCUT2D eigenvalue weighted by atomic mass is 19.4. The number of nitrogens with zero attached hydrogens (tertiary/aromatic N) is 3. The van der Waals surface area contributed by atoms with Gasteiger partial charge in [0.2, 0.25) is 0 Å². The van der Waals surface area contributed by atoms with E-state index in [1.165, 1.54) is 4.68 Å². The number of aliphatic hydroxyl groups is 1. The summed E-state index contributed by atoms with van der Waals surface area (Å²) in [4.78, 5) is 0. The van der Waals surface area contributed by atoms with Crippen molar-refractivity contribution in [3.05, 3.63) is 11.9 Å². The fourth-order valence-corrected chi connectivity index (χ4v) is 2.74. The van der Waals surface area contributed by atoms with Crippen LogP contribution in [0.4, 0.5) is 13.2 Å². The highest BCUT2D eigenvalue weighted by Crippen LogP contribution is 2.41. The highest BCUT2D eigenvalue weighted by Gasteiger charge is 2.43. The van der Waals surface area contributed by atoms with Gasteiger partial charge in [-0.25, -0.2) is 0 Å². The summed E-state index contributed by atoms with van der Waals surface area (Å²) < 4.78 is 39.6. The minimum absolute atomic E-state index is 0.0188. The molecule has 0 aromatic carbocycles. The SMILES string of the molecule is Cn1cc(CC(O)C2CCCC(C(F)(F)F)C2)nn1. The Morgan fingerprint density at radius 1 is 1.47 bits per heavy atom. The van der Waals surface area contributed by atoms with Crippen LogP contribution in [0.5, 0.6) is 0 Å². The van der Waals surface area contributed by atoms with Crippen molar-refractivity contribution in [2.24, 2.45) is 18.9 Å². The second kappa shape index (κ2) is 5.48. The lowest BCUT2D eigenvalue weighted by molar-refractivity contribution is -0.188. The quantitative estimate of drug-likeness (QED) is 0.920. The average Bonchev–Trinajstić information content (AvgIpc) is 2.74. The lowest BCUT2D eigenvalue weighted by Gasteiger charge is -2.33. The Kier molecular flexibility index (Phi) is 4.13. The number of halogens is 3. The number of hydrogen-bond acceptors (Lipinski definition) is 3. The fourth-order valence-electron chi connectivity index (χ4n) is 2.74. The zero-order chi connectivity index (χ0) is 14.0. The van der Waals surface area contributed by atoms with Crippen LogP contribution in [-0.4, -0.2) is 32.4 Å². The molecule has 3 atom stereocenters. The maximum absolute atomic E-state index is 12.7. The van der Waals surface area contributed by atoms with Crippen molar-refractivity contribution in [2.45, 2.75) is 44.4 Å². The Morgan fingerprint density at radius 3 is 2.79 bits per heavy atom. The fraction of sp³-hybridized carbons (Fsp3) is 0.833. The molecule has 1 heterocycles. The van der Waals surface area contributed by atoms with Crippen LogP contribution in [0.25, 0.3) is 0 Å². The average molecular weight is 277 g/mol. The molecule has 1 saturated carbocycles. The third kappa shape index (κ3) is 3.68. The molecule has 0 aliphatic heterocycles. The van der Waals surface area contributed by atoms with Crippen LogP contribution < -0.4 is 0 Å². The van der Waals surface area contributed by atoms with Crippen LogP contribution in [0.15, 0.2) is 6.20 Å². The van der Waals surface area contributed by atoms with Crippen LogP contribution in [0.3, 0.4) is 0 Å². The van der Waals surface area contributed by atoms with E-state index in [-0.39, 0.29) is 25.2 Å². The van der Waals surface area contributed by atoms with Crippen molar-refractivity contribution in [3.8, 4) is 0 Å². The molecule has 0 spiro atoms. The molecule has 0 radical (unpaired) electrons. The standard InChI is InChI=1S/C12H18F3N3O/c1-18-7-10(16-17-18)6-11(19)8-3-2-4-9(5-8)12(13,14)15/h7-9,11,19H,2-6H2,1H3. The largest absolute Gasteiger partial charge is 0.392 e. The molecule has 1 aliphatic rings. The van der Waals surface area contributed by atoms with Gasteiger partial charge in [-0.05, 0) is 25.2 Å². The minimum Gasteiger partial charge on any atom is -0.392 e. The molecule has 7 heteroatoms. The van der Waals surface area contributed by atoms with Gasteiger partial charge in [0, 0.05) is 19.7 Å². The third-order valence-electron chi connectivity index (χ3n) is 3.79. The number of aromatic nitrogens is 3. The first kappa shape index (κ1) is 14.3. The summed E-state index contributed by atoms with van der Waals surface area (Å²) in [6.07, 6.45) is -1.62. The smallest absolute Gasteiger partial charge is 0.391 e. The van der Waals surface area contributed by atoms with Gasteiger partial charge in [-0.1, -0.05) is 11.6 Å². The molecule has 1 aromatic heterocycles. The van der Waals surface area contributed by atoms with Gasteiger partial charge in [0.25, 0.3) is 0 Å². The Bertz CT molecular complexity index is 419. The van der Waals surface area contributed by atoms with E-state index in [2.05, 4.69) is 10.3 Å². The second-order valence-electron chi connectivity index (χ2n) is 5.32. The van der Waals surface area contributed by atoms with Crippen molar-refractivity contribution >= 4 is 0 Å². The van der Waals surface area contributed by atoms with Gasteiger partial charge in [-0.2, -0.15) is 13.2 Å². The van der Waals surface area contributed by atoms with Crippen molar-refractivity contribution < 1.29 is 18.3 Å². The molecule has 2 rings (SSSR count). The summed E-state index contributed by atoms with van der Waals surface area (Å²) in [5.41, 5.74) is 0.615. The third-order valence-corrected chi connectivity index (χ3v) is 3.79. The van der Waals surface area contributed by atoms with Gasteiger partial charge >= 0.3 is 6.18 Å². The summed E-state index contributed by atoms with van der Waals surface area (Å²) >= 11 is 0. The normalized spacial score (nSPS) is 26.4. The van der Waals surface area contributed by atoms with E-state index in [1.54, 1.807) is 13.2 Å². The van der Waals surface area contributed by atoms with Crippen molar-refractivity contribution in [1.82, 2.24) is 15.0 Å². The van der Waals surface area contributed by atoms with E-state index in [0.717, 1.165) is 0 Å². The molecule has 19 heavy (non-hydrogen) atoms. The Labute approximate surface area is 109 Å². The molecular formula is C12H18F3N3O. The van der Waals surface area contributed by atoms with Crippen molar-refractivity contribution in [3.63, 3.8) is 0 Å². The summed E-state index contributed by atoms with van der Waals surface area (Å²) in [6, 6.07) is 0. The number of rotatable bonds is 3. The van der Waals surface area contributed by atoms with E-state index in [9.17, 15) is 18.3 Å². The molecule has 4 nitrogen and oxygen atoms in total. The zero-order valence-corrected chi connectivity index (χ0v) is 10.8. The van der Waals surface area contributed by atoms with Crippen molar-refractivity contribution in [1.29, 1.82) is 0 Å². The van der Waals surface area contributed by atoms with Crippen LogP contribution in [0.2, 0.25) is 0 Å². The molecule has 3 unspecified atom stereocenters. The van der Waals surface area contributed by atoms with Gasteiger partial charge in [0.05, 0.1) is 17.7 Å². The second-order valence-corrected chi connectivity index (χ2v) is 5.32. The number of aliphatic hydroxyl groups excluding tert-OH is 1. The lowest BCUT2D eigenvalue weighted by atomic mass is 9.77. The minimum atomic E-state index is -4.15. The van der Waals surface area contributed by atoms with E-state index < -0.39 is 18.2 Å². The number of hydrogen-bond donors (Lipinski definition) is 1. The maximum Gasteiger partial charge on any atom is 0.391 e. The van der Waals surface area contributed by atoms with E-state index in [0.29, 0.717) is 18.5 Å². The topological polar surface area (TPSA) is 50.9 Å².